The predicted molar refractivity (Wildman–Crippen MR) is 171 cm³/mol. The Hall–Kier alpha value is -5.18. The van der Waals surface area contributed by atoms with E-state index in [1.807, 2.05) is 24.3 Å². The number of nitrogens with zero attached hydrogens (tertiary/aromatic N) is 1. The summed E-state index contributed by atoms with van der Waals surface area (Å²) in [7, 11) is 0. The number of rotatable bonds is 15. The Morgan fingerprint density at radius 3 is 2.09 bits per heavy atom. The number of amides is 5. The van der Waals surface area contributed by atoms with E-state index in [0.717, 1.165) is 27.8 Å². The number of phenolic OH excluding ortho intramolecular Hbond substituents is 1. The molecule has 0 radical (unpaired) electrons. The Labute approximate surface area is 266 Å². The molecule has 15 heteroatoms. The Morgan fingerprint density at radius 1 is 0.935 bits per heavy atom. The Kier molecular flexibility index (Phi) is 12.0. The third-order valence-electron chi connectivity index (χ3n) is 7.81. The van der Waals surface area contributed by atoms with E-state index in [2.05, 4.69) is 26.3 Å². The molecule has 1 aliphatic carbocycles. The summed E-state index contributed by atoms with van der Waals surface area (Å²) in [5.74, 6) is -3.19. The number of aryl methyl sites for hydroxylation is 2. The molecule has 3 rings (SSSR count). The zero-order valence-electron chi connectivity index (χ0n) is 26.0. The van der Waals surface area contributed by atoms with Gasteiger partial charge in [0.05, 0.1) is 19.1 Å². The van der Waals surface area contributed by atoms with Crippen LogP contribution in [-0.2, 0) is 43.2 Å². The van der Waals surface area contributed by atoms with Crippen molar-refractivity contribution in [1.82, 2.24) is 21.3 Å². The van der Waals surface area contributed by atoms with Crippen LogP contribution in [-0.4, -0.2) is 77.9 Å². The second kappa shape index (κ2) is 15.7. The summed E-state index contributed by atoms with van der Waals surface area (Å²) < 4.78 is 0. The summed E-state index contributed by atoms with van der Waals surface area (Å²) in [4.78, 5) is 67.7. The molecule has 0 fully saturated rings. The molecule has 0 aromatic heterocycles. The number of fused-ring (bicyclic) bond motifs is 1. The van der Waals surface area contributed by atoms with E-state index in [-0.39, 0.29) is 43.9 Å². The molecular formula is C31H43N9O6. The lowest BCUT2D eigenvalue weighted by Gasteiger charge is -2.29. The summed E-state index contributed by atoms with van der Waals surface area (Å²) >= 11 is 0. The smallest absolute Gasteiger partial charge is 0.246 e. The normalized spacial score (nSPS) is 14.2. The molecule has 15 nitrogen and oxygen atoms in total. The quantitative estimate of drug-likeness (QED) is 0.0581. The van der Waals surface area contributed by atoms with Gasteiger partial charge in [-0.2, -0.15) is 0 Å². The van der Waals surface area contributed by atoms with Gasteiger partial charge in [-0.1, -0.05) is 24.3 Å². The molecule has 248 valence electrons. The molecule has 0 aliphatic heterocycles. The zero-order valence-corrected chi connectivity index (χ0v) is 26.0. The first-order valence-electron chi connectivity index (χ1n) is 14.8. The number of phenols is 1. The van der Waals surface area contributed by atoms with Crippen LogP contribution in [0.2, 0.25) is 0 Å². The van der Waals surface area contributed by atoms with Gasteiger partial charge in [0.15, 0.2) is 5.96 Å². The number of primary amides is 1. The van der Waals surface area contributed by atoms with Crippen LogP contribution < -0.4 is 44.2 Å². The first-order chi connectivity index (χ1) is 21.7. The van der Waals surface area contributed by atoms with Gasteiger partial charge in [-0.05, 0) is 73.1 Å². The molecular weight excluding hydrogens is 594 g/mol. The van der Waals surface area contributed by atoms with Gasteiger partial charge in [0.2, 0.25) is 29.5 Å². The van der Waals surface area contributed by atoms with Crippen molar-refractivity contribution in [3.05, 3.63) is 64.2 Å². The minimum atomic E-state index is -1.43. The molecule has 0 heterocycles. The molecule has 0 spiro atoms. The van der Waals surface area contributed by atoms with E-state index in [1.165, 1.54) is 0 Å². The maximum atomic E-state index is 13.5. The molecule has 0 bridgehead atoms. The standard InChI is InChI=1S/C31H43N9O6/c1-17-10-21(41)11-18(2)22(17)12-23(32)28(45)37-16-26(43)40-31(13-19-6-3-4-7-20(19)14-31)29(46)38-15-25(42)39-24(27(33)44)8-5-9-36-30(34)35/h3-4,6-7,10-11,23-24,41H,5,8-9,12-16,32H2,1-2H3,(H2,33,44)(H,37,45)(H,38,46)(H,39,42)(H,40,43)(H4,34,35,36)/t23-,24?/m0/s1. The number of nitrogens with two attached hydrogens (primary N) is 4. The van der Waals surface area contributed by atoms with E-state index >= 15 is 0 Å². The molecule has 13 N–H and O–H groups in total. The molecule has 2 atom stereocenters. The van der Waals surface area contributed by atoms with Crippen molar-refractivity contribution in [1.29, 1.82) is 0 Å². The lowest BCUT2D eigenvalue weighted by Crippen LogP contribution is -2.62. The number of benzene rings is 2. The Morgan fingerprint density at radius 2 is 1.52 bits per heavy atom. The highest BCUT2D eigenvalue weighted by molar-refractivity contribution is 5.97. The van der Waals surface area contributed by atoms with Gasteiger partial charge in [0.1, 0.15) is 17.3 Å². The number of nitrogens with one attached hydrogen (secondary N) is 4. The first kappa shape index (κ1) is 35.3. The second-order valence-corrected chi connectivity index (χ2v) is 11.5. The van der Waals surface area contributed by atoms with Crippen LogP contribution in [0.1, 0.15) is 40.7 Å². The minimum Gasteiger partial charge on any atom is -0.508 e. The average Bonchev–Trinajstić information content (AvgIpc) is 3.36. The van der Waals surface area contributed by atoms with Gasteiger partial charge < -0.3 is 49.3 Å². The number of carbonyl (C=O) groups is 5. The maximum Gasteiger partial charge on any atom is 0.246 e. The Bertz CT molecular complexity index is 1460. The first-order valence-corrected chi connectivity index (χ1v) is 14.8. The molecule has 1 unspecified atom stereocenters. The van der Waals surface area contributed by atoms with Crippen molar-refractivity contribution < 1.29 is 29.1 Å². The summed E-state index contributed by atoms with van der Waals surface area (Å²) in [6.45, 7) is 2.94. The molecule has 1 aliphatic rings. The predicted octanol–water partition coefficient (Wildman–Crippen LogP) is -2.21. The summed E-state index contributed by atoms with van der Waals surface area (Å²) in [5, 5.41) is 20.1. The van der Waals surface area contributed by atoms with Gasteiger partial charge in [-0.25, -0.2) is 0 Å². The summed E-state index contributed by atoms with van der Waals surface area (Å²) in [6.07, 6.45) is 1.07. The monoisotopic (exact) mass is 637 g/mol. The van der Waals surface area contributed by atoms with E-state index in [0.29, 0.717) is 6.42 Å². The fourth-order valence-electron chi connectivity index (χ4n) is 5.50. The average molecular weight is 638 g/mol. The van der Waals surface area contributed by atoms with Crippen LogP contribution in [0.25, 0.3) is 0 Å². The molecule has 2 aromatic rings. The summed E-state index contributed by atoms with van der Waals surface area (Å²) in [6, 6.07) is 8.53. The van der Waals surface area contributed by atoms with Crippen LogP contribution in [0.3, 0.4) is 0 Å². The van der Waals surface area contributed by atoms with E-state index in [9.17, 15) is 29.1 Å². The molecule has 2 aromatic carbocycles. The molecule has 46 heavy (non-hydrogen) atoms. The largest absolute Gasteiger partial charge is 0.508 e. The van der Waals surface area contributed by atoms with Crippen LogP contribution in [0.4, 0.5) is 0 Å². The minimum absolute atomic E-state index is 0.0980. The molecule has 5 amide bonds. The highest BCUT2D eigenvalue weighted by Gasteiger charge is 2.45. The number of hydrogen-bond donors (Lipinski definition) is 9. The third kappa shape index (κ3) is 9.66. The lowest BCUT2D eigenvalue weighted by atomic mass is 9.94. The van der Waals surface area contributed by atoms with Crippen LogP contribution in [0.15, 0.2) is 41.4 Å². The highest BCUT2D eigenvalue weighted by Crippen LogP contribution is 2.30. The maximum absolute atomic E-state index is 13.5. The van der Waals surface area contributed by atoms with E-state index in [1.54, 1.807) is 26.0 Å². The third-order valence-corrected chi connectivity index (χ3v) is 7.81. The lowest BCUT2D eigenvalue weighted by molar-refractivity contribution is -0.135. The SMILES string of the molecule is Cc1cc(O)cc(C)c1C[C@H](N)C(=O)NCC(=O)NC1(C(=O)NCC(=O)NC(CCCN=C(N)N)C(N)=O)Cc2ccccc2C1. The molecule has 0 saturated heterocycles. The van der Waals surface area contributed by atoms with Gasteiger partial charge in [-0.15, -0.1) is 0 Å². The van der Waals surface area contributed by atoms with Crippen molar-refractivity contribution in [2.24, 2.45) is 27.9 Å². The van der Waals surface area contributed by atoms with Crippen molar-refractivity contribution in [3.63, 3.8) is 0 Å². The van der Waals surface area contributed by atoms with Crippen molar-refractivity contribution in [2.75, 3.05) is 19.6 Å². The number of guanidine groups is 1. The van der Waals surface area contributed by atoms with Crippen LogP contribution in [0.5, 0.6) is 5.75 Å². The second-order valence-electron chi connectivity index (χ2n) is 11.5. The van der Waals surface area contributed by atoms with Crippen LogP contribution >= 0.6 is 0 Å². The van der Waals surface area contributed by atoms with Crippen molar-refractivity contribution in [2.45, 2.75) is 63.6 Å². The highest BCUT2D eigenvalue weighted by atomic mass is 16.3. The van der Waals surface area contributed by atoms with Gasteiger partial charge >= 0.3 is 0 Å². The Balaban J connectivity index is 1.61. The number of aliphatic imine (C=N–C) groups is 1. The number of hydrogen-bond acceptors (Lipinski definition) is 8. The van der Waals surface area contributed by atoms with Crippen molar-refractivity contribution >= 4 is 35.5 Å². The van der Waals surface area contributed by atoms with Gasteiger partial charge in [0.25, 0.3) is 0 Å². The number of carbonyl (C=O) groups excluding carboxylic acids is 5. The van der Waals surface area contributed by atoms with E-state index in [4.69, 9.17) is 22.9 Å². The zero-order chi connectivity index (χ0) is 34.0. The topological polar surface area (TPSA) is 270 Å². The fourth-order valence-corrected chi connectivity index (χ4v) is 5.50. The fraction of sp³-hybridized carbons (Fsp3) is 0.419. The molecule has 0 saturated carbocycles. The summed E-state index contributed by atoms with van der Waals surface area (Å²) in [5.41, 5.74) is 24.8. The van der Waals surface area contributed by atoms with Crippen LogP contribution in [0, 0.1) is 13.8 Å². The number of aromatic hydroxyl groups is 1. The van der Waals surface area contributed by atoms with Gasteiger partial charge in [0, 0.05) is 19.4 Å². The van der Waals surface area contributed by atoms with Crippen molar-refractivity contribution in [3.8, 4) is 5.75 Å². The van der Waals surface area contributed by atoms with E-state index < -0.39 is 60.2 Å². The van der Waals surface area contributed by atoms with Gasteiger partial charge in [-0.3, -0.25) is 29.0 Å².